The minimum Gasteiger partial charge on any atom is -0.393 e. The summed E-state index contributed by atoms with van der Waals surface area (Å²) in [5.74, 6) is 0.0829. The van der Waals surface area contributed by atoms with Gasteiger partial charge in [-0.05, 0) is 37.8 Å². The monoisotopic (exact) mass is 233 g/mol. The van der Waals surface area contributed by atoms with E-state index >= 15 is 0 Å². The Bertz CT molecular complexity index is 414. The fraction of sp³-hybridized carbons (Fsp3) is 0.500. The number of aliphatic hydroxyl groups excluding tert-OH is 1. The van der Waals surface area contributed by atoms with E-state index in [-0.39, 0.29) is 24.0 Å². The Labute approximate surface area is 102 Å². The molecule has 0 saturated heterocycles. The summed E-state index contributed by atoms with van der Waals surface area (Å²) in [6.45, 7) is 3.66. The van der Waals surface area contributed by atoms with Crippen molar-refractivity contribution in [2.45, 2.75) is 44.8 Å². The van der Waals surface area contributed by atoms with E-state index in [0.29, 0.717) is 6.42 Å². The number of rotatable bonds is 4. The lowest BCUT2D eigenvalue weighted by molar-refractivity contribution is -0.123. The molecule has 3 nitrogen and oxygen atoms in total. The Balaban J connectivity index is 1.91. The van der Waals surface area contributed by atoms with Crippen LogP contribution in [0.4, 0.5) is 0 Å². The molecule has 2 rings (SSSR count). The van der Waals surface area contributed by atoms with Crippen LogP contribution >= 0.6 is 0 Å². The normalized spacial score (nSPS) is 21.0. The van der Waals surface area contributed by atoms with E-state index in [1.165, 1.54) is 5.56 Å². The SMILES string of the molecule is CC(O)CC(C)NC(=O)C1Cc2ccccc21. The second-order valence-corrected chi connectivity index (χ2v) is 4.95. The van der Waals surface area contributed by atoms with E-state index < -0.39 is 0 Å². The van der Waals surface area contributed by atoms with Crippen molar-refractivity contribution in [3.05, 3.63) is 35.4 Å². The number of aliphatic hydroxyl groups is 1. The van der Waals surface area contributed by atoms with Gasteiger partial charge >= 0.3 is 0 Å². The van der Waals surface area contributed by atoms with Crippen LogP contribution in [-0.4, -0.2) is 23.2 Å². The second-order valence-electron chi connectivity index (χ2n) is 4.95. The molecule has 3 atom stereocenters. The van der Waals surface area contributed by atoms with Crippen molar-refractivity contribution in [3.8, 4) is 0 Å². The van der Waals surface area contributed by atoms with Crippen LogP contribution in [0.15, 0.2) is 24.3 Å². The fourth-order valence-corrected chi connectivity index (χ4v) is 2.41. The Morgan fingerprint density at radius 3 is 2.82 bits per heavy atom. The molecule has 0 bridgehead atoms. The minimum atomic E-state index is -0.376. The molecule has 0 saturated carbocycles. The van der Waals surface area contributed by atoms with Crippen LogP contribution in [0.2, 0.25) is 0 Å². The molecule has 0 radical (unpaired) electrons. The average Bonchev–Trinajstić information content (AvgIpc) is 2.18. The van der Waals surface area contributed by atoms with Gasteiger partial charge in [0.15, 0.2) is 0 Å². The van der Waals surface area contributed by atoms with Crippen LogP contribution in [0.5, 0.6) is 0 Å². The largest absolute Gasteiger partial charge is 0.393 e. The van der Waals surface area contributed by atoms with Crippen LogP contribution in [0.25, 0.3) is 0 Å². The first-order valence-electron chi connectivity index (χ1n) is 6.14. The zero-order chi connectivity index (χ0) is 12.4. The van der Waals surface area contributed by atoms with E-state index in [0.717, 1.165) is 12.0 Å². The second kappa shape index (κ2) is 4.88. The molecule has 3 unspecified atom stereocenters. The standard InChI is InChI=1S/C14H19NO2/c1-9(7-10(2)16)15-14(17)13-8-11-5-3-4-6-12(11)13/h3-6,9-10,13,16H,7-8H2,1-2H3,(H,15,17). The van der Waals surface area contributed by atoms with Crippen molar-refractivity contribution in [1.82, 2.24) is 5.32 Å². The van der Waals surface area contributed by atoms with Crippen molar-refractivity contribution in [2.75, 3.05) is 0 Å². The minimum absolute atomic E-state index is 0.00245. The zero-order valence-corrected chi connectivity index (χ0v) is 10.3. The third-order valence-corrected chi connectivity index (χ3v) is 3.25. The highest BCUT2D eigenvalue weighted by atomic mass is 16.3. The van der Waals surface area contributed by atoms with Gasteiger partial charge in [0, 0.05) is 6.04 Å². The van der Waals surface area contributed by atoms with E-state index in [1.807, 2.05) is 25.1 Å². The average molecular weight is 233 g/mol. The highest BCUT2D eigenvalue weighted by molar-refractivity contribution is 5.87. The highest BCUT2D eigenvalue weighted by Gasteiger charge is 2.32. The first-order valence-corrected chi connectivity index (χ1v) is 6.14. The predicted octanol–water partition coefficient (Wildman–Crippen LogP) is 1.60. The van der Waals surface area contributed by atoms with Crippen molar-refractivity contribution in [2.24, 2.45) is 0 Å². The lowest BCUT2D eigenvalue weighted by Crippen LogP contribution is -2.41. The predicted molar refractivity (Wildman–Crippen MR) is 66.8 cm³/mol. The van der Waals surface area contributed by atoms with Crippen molar-refractivity contribution in [3.63, 3.8) is 0 Å². The van der Waals surface area contributed by atoms with E-state index in [4.69, 9.17) is 0 Å². The molecule has 1 aromatic carbocycles. The van der Waals surface area contributed by atoms with Crippen molar-refractivity contribution < 1.29 is 9.90 Å². The third-order valence-electron chi connectivity index (χ3n) is 3.25. The first-order chi connectivity index (χ1) is 8.08. The maximum Gasteiger partial charge on any atom is 0.228 e. The smallest absolute Gasteiger partial charge is 0.228 e. The van der Waals surface area contributed by atoms with E-state index in [1.54, 1.807) is 6.92 Å². The number of hydrogen-bond donors (Lipinski definition) is 2. The molecule has 1 aliphatic rings. The molecule has 3 heteroatoms. The van der Waals surface area contributed by atoms with Crippen LogP contribution in [0, 0.1) is 0 Å². The Kier molecular flexibility index (Phi) is 3.48. The van der Waals surface area contributed by atoms with E-state index in [9.17, 15) is 9.90 Å². The maximum atomic E-state index is 12.0. The maximum absolute atomic E-state index is 12.0. The number of benzene rings is 1. The molecule has 92 valence electrons. The zero-order valence-electron chi connectivity index (χ0n) is 10.3. The summed E-state index contributed by atoms with van der Waals surface area (Å²) < 4.78 is 0. The molecular formula is C14H19NO2. The number of amides is 1. The van der Waals surface area contributed by atoms with Gasteiger partial charge < -0.3 is 10.4 Å². The third kappa shape index (κ3) is 2.67. The van der Waals surface area contributed by atoms with Gasteiger partial charge in [-0.1, -0.05) is 24.3 Å². The summed E-state index contributed by atoms with van der Waals surface area (Å²) >= 11 is 0. The van der Waals surface area contributed by atoms with Crippen LogP contribution in [0.1, 0.15) is 37.3 Å². The molecule has 0 aliphatic heterocycles. The summed E-state index contributed by atoms with van der Waals surface area (Å²) in [6.07, 6.45) is 1.06. The Morgan fingerprint density at radius 2 is 2.18 bits per heavy atom. The van der Waals surface area contributed by atoms with E-state index in [2.05, 4.69) is 11.4 Å². The summed E-state index contributed by atoms with van der Waals surface area (Å²) in [6, 6.07) is 8.08. The first kappa shape index (κ1) is 12.1. The highest BCUT2D eigenvalue weighted by Crippen LogP contribution is 2.34. The van der Waals surface area contributed by atoms with Gasteiger partial charge in [0.2, 0.25) is 5.91 Å². The lowest BCUT2D eigenvalue weighted by atomic mass is 9.77. The summed E-state index contributed by atoms with van der Waals surface area (Å²) in [4.78, 5) is 12.0. The van der Waals surface area contributed by atoms with Gasteiger partial charge in [-0.3, -0.25) is 4.79 Å². The quantitative estimate of drug-likeness (QED) is 0.830. The number of carbonyl (C=O) groups excluding carboxylic acids is 1. The molecule has 0 heterocycles. The van der Waals surface area contributed by atoms with Crippen molar-refractivity contribution >= 4 is 5.91 Å². The molecule has 1 amide bonds. The molecule has 0 aromatic heterocycles. The Morgan fingerprint density at radius 1 is 1.47 bits per heavy atom. The van der Waals surface area contributed by atoms with Gasteiger partial charge in [0.1, 0.15) is 0 Å². The summed E-state index contributed by atoms with van der Waals surface area (Å²) in [5, 5.41) is 12.2. The van der Waals surface area contributed by atoms with Crippen LogP contribution < -0.4 is 5.32 Å². The van der Waals surface area contributed by atoms with Crippen molar-refractivity contribution in [1.29, 1.82) is 0 Å². The topological polar surface area (TPSA) is 49.3 Å². The number of fused-ring (bicyclic) bond motifs is 1. The van der Waals surface area contributed by atoms with Gasteiger partial charge in [-0.25, -0.2) is 0 Å². The Hall–Kier alpha value is -1.35. The number of nitrogens with one attached hydrogen (secondary N) is 1. The molecular weight excluding hydrogens is 214 g/mol. The molecule has 0 spiro atoms. The molecule has 0 fully saturated rings. The van der Waals surface area contributed by atoms with Gasteiger partial charge in [-0.15, -0.1) is 0 Å². The fourth-order valence-electron chi connectivity index (χ4n) is 2.41. The number of hydrogen-bond acceptors (Lipinski definition) is 2. The molecule has 1 aromatic rings. The number of carbonyl (C=O) groups is 1. The van der Waals surface area contributed by atoms with Gasteiger partial charge in [0.25, 0.3) is 0 Å². The van der Waals surface area contributed by atoms with Gasteiger partial charge in [-0.2, -0.15) is 0 Å². The van der Waals surface area contributed by atoms with Crippen LogP contribution in [-0.2, 0) is 11.2 Å². The lowest BCUT2D eigenvalue weighted by Gasteiger charge is -2.30. The molecule has 2 N–H and O–H groups in total. The molecule has 17 heavy (non-hydrogen) atoms. The summed E-state index contributed by atoms with van der Waals surface area (Å²) in [5.41, 5.74) is 2.42. The molecule has 1 aliphatic carbocycles. The van der Waals surface area contributed by atoms with Crippen LogP contribution in [0.3, 0.4) is 0 Å². The summed E-state index contributed by atoms with van der Waals surface area (Å²) in [7, 11) is 0. The van der Waals surface area contributed by atoms with Gasteiger partial charge in [0.05, 0.1) is 12.0 Å².